The lowest BCUT2D eigenvalue weighted by atomic mass is 10.5. The minimum atomic E-state index is -1.97. The lowest BCUT2D eigenvalue weighted by Crippen LogP contribution is -2.51. The molecule has 1 atom stereocenters. The monoisotopic (exact) mass is 258 g/mol. The molecule has 0 radical (unpaired) electrons. The van der Waals surface area contributed by atoms with E-state index in [1.54, 1.807) is 7.11 Å². The number of rotatable bonds is 9. The van der Waals surface area contributed by atoms with E-state index in [0.29, 0.717) is 0 Å². The Kier molecular flexibility index (Phi) is 8.17. The summed E-state index contributed by atoms with van der Waals surface area (Å²) in [6.07, 6.45) is 4.19. The summed E-state index contributed by atoms with van der Waals surface area (Å²) < 4.78 is 11.3. The second-order valence-electron chi connectivity index (χ2n) is 4.31. The highest BCUT2D eigenvalue weighted by Crippen LogP contribution is 2.28. The molecule has 0 amide bonds. The first-order chi connectivity index (χ1) is 8.10. The van der Waals surface area contributed by atoms with Crippen LogP contribution < -0.4 is 0 Å². The number of carbonyl (C=O) groups is 1. The number of hydrogen-bond acceptors (Lipinski definition) is 3. The van der Waals surface area contributed by atoms with Gasteiger partial charge in [-0.15, -0.1) is 0 Å². The molecule has 0 aliphatic rings. The average Bonchev–Trinajstić information content (AvgIpc) is 2.35. The minimum absolute atomic E-state index is 0.0575. The van der Waals surface area contributed by atoms with E-state index in [2.05, 4.69) is 20.4 Å². The molecule has 0 aromatic carbocycles. The van der Waals surface area contributed by atoms with Crippen molar-refractivity contribution in [3.8, 4) is 0 Å². The molecule has 100 valence electrons. The Morgan fingerprint density at radius 2 is 1.82 bits per heavy atom. The van der Waals surface area contributed by atoms with Crippen molar-refractivity contribution in [1.29, 1.82) is 0 Å². The van der Waals surface area contributed by atoms with E-state index in [1.807, 2.05) is 6.92 Å². The molecule has 3 nitrogen and oxygen atoms in total. The van der Waals surface area contributed by atoms with Crippen LogP contribution in [0.15, 0.2) is 12.7 Å². The van der Waals surface area contributed by atoms with Gasteiger partial charge in [0.25, 0.3) is 0 Å². The molecule has 0 aromatic heterocycles. The van der Waals surface area contributed by atoms with Crippen molar-refractivity contribution in [3.63, 3.8) is 0 Å². The van der Waals surface area contributed by atoms with Gasteiger partial charge in [0.05, 0.1) is 0 Å². The van der Waals surface area contributed by atoms with E-state index in [9.17, 15) is 4.79 Å². The molecule has 0 fully saturated rings. The predicted octanol–water partition coefficient (Wildman–Crippen LogP) is 3.45. The molecular weight excluding hydrogens is 232 g/mol. The summed E-state index contributed by atoms with van der Waals surface area (Å²) in [4.78, 5) is 11.4. The highest BCUT2D eigenvalue weighted by Gasteiger charge is 2.42. The summed E-state index contributed by atoms with van der Waals surface area (Å²) in [5, 5.41) is 0. The second kappa shape index (κ2) is 8.47. The minimum Gasteiger partial charge on any atom is -0.460 e. The zero-order valence-corrected chi connectivity index (χ0v) is 12.6. The Hall–Kier alpha value is -0.613. The molecule has 0 saturated heterocycles. The first-order valence-electron chi connectivity index (χ1n) is 6.48. The number of ether oxygens (including phenoxy) is 1. The fourth-order valence-electron chi connectivity index (χ4n) is 2.38. The molecule has 0 saturated carbocycles. The van der Waals surface area contributed by atoms with Gasteiger partial charge in [0.15, 0.2) is 0 Å². The van der Waals surface area contributed by atoms with Gasteiger partial charge in [-0.2, -0.15) is 0 Å². The van der Waals surface area contributed by atoms with Crippen molar-refractivity contribution in [2.45, 2.75) is 57.8 Å². The van der Waals surface area contributed by atoms with Crippen molar-refractivity contribution in [2.24, 2.45) is 0 Å². The third-order valence-electron chi connectivity index (χ3n) is 3.14. The van der Waals surface area contributed by atoms with Crippen LogP contribution in [-0.2, 0) is 14.0 Å². The normalized spacial score (nSPS) is 13.2. The van der Waals surface area contributed by atoms with Crippen molar-refractivity contribution >= 4 is 14.3 Å². The van der Waals surface area contributed by atoms with E-state index in [1.165, 1.54) is 6.08 Å². The molecular formula is C13H26O3Si. The van der Waals surface area contributed by atoms with Crippen LogP contribution in [0, 0.1) is 0 Å². The van der Waals surface area contributed by atoms with Gasteiger partial charge in [0.2, 0.25) is 8.32 Å². The number of esters is 1. The van der Waals surface area contributed by atoms with Gasteiger partial charge in [-0.05, 0) is 18.5 Å². The third kappa shape index (κ3) is 4.64. The lowest BCUT2D eigenvalue weighted by molar-refractivity contribution is -0.140. The summed E-state index contributed by atoms with van der Waals surface area (Å²) >= 11 is 0. The van der Waals surface area contributed by atoms with Crippen molar-refractivity contribution < 1.29 is 14.0 Å². The van der Waals surface area contributed by atoms with Crippen LogP contribution in [0.25, 0.3) is 0 Å². The van der Waals surface area contributed by atoms with Crippen molar-refractivity contribution in [3.05, 3.63) is 12.7 Å². The van der Waals surface area contributed by atoms with Gasteiger partial charge in [-0.1, -0.05) is 40.2 Å². The summed E-state index contributed by atoms with van der Waals surface area (Å²) in [6, 6.07) is 2.08. The fourth-order valence-corrected chi connectivity index (χ4v) is 6.71. The molecule has 0 bridgehead atoms. The average molecular weight is 258 g/mol. The van der Waals surface area contributed by atoms with Gasteiger partial charge < -0.3 is 9.16 Å². The van der Waals surface area contributed by atoms with Gasteiger partial charge in [0.1, 0.15) is 5.73 Å². The zero-order valence-electron chi connectivity index (χ0n) is 11.6. The van der Waals surface area contributed by atoms with E-state index >= 15 is 0 Å². The molecule has 0 aliphatic carbocycles. The summed E-state index contributed by atoms with van der Waals surface area (Å²) in [5.41, 5.74) is -0.0575. The SMILES string of the molecule is C=CC(=O)OC(CC)[Si](CCC)(CCC)OC. The smallest absolute Gasteiger partial charge is 0.330 e. The second-order valence-corrected chi connectivity index (χ2v) is 8.49. The van der Waals surface area contributed by atoms with Gasteiger partial charge in [-0.3, -0.25) is 0 Å². The quantitative estimate of drug-likeness (QED) is 0.361. The molecule has 0 N–H and O–H groups in total. The van der Waals surface area contributed by atoms with Crippen LogP contribution in [0.5, 0.6) is 0 Å². The summed E-state index contributed by atoms with van der Waals surface area (Å²) in [5.74, 6) is -0.335. The third-order valence-corrected chi connectivity index (χ3v) is 8.34. The topological polar surface area (TPSA) is 35.5 Å². The molecule has 0 rings (SSSR count). The van der Waals surface area contributed by atoms with Crippen LogP contribution in [0.4, 0.5) is 0 Å². The zero-order chi connectivity index (χ0) is 13.3. The van der Waals surface area contributed by atoms with Gasteiger partial charge in [-0.25, -0.2) is 4.79 Å². The Labute approximate surface area is 106 Å². The van der Waals surface area contributed by atoms with Crippen LogP contribution in [0.3, 0.4) is 0 Å². The maximum Gasteiger partial charge on any atom is 0.330 e. The molecule has 1 unspecified atom stereocenters. The summed E-state index contributed by atoms with van der Waals surface area (Å²) in [7, 11) is -0.203. The van der Waals surface area contributed by atoms with Crippen LogP contribution >= 0.6 is 0 Å². The molecule has 4 heteroatoms. The van der Waals surface area contributed by atoms with Crippen LogP contribution in [-0.4, -0.2) is 27.1 Å². The Balaban J connectivity index is 4.92. The van der Waals surface area contributed by atoms with Crippen LogP contribution in [0.2, 0.25) is 12.1 Å². The Morgan fingerprint density at radius 1 is 1.29 bits per heavy atom. The number of carbonyl (C=O) groups excluding carboxylic acids is 1. The highest BCUT2D eigenvalue weighted by molar-refractivity contribution is 6.75. The summed E-state index contributed by atoms with van der Waals surface area (Å²) in [6.45, 7) is 9.80. The molecule has 0 aliphatic heterocycles. The largest absolute Gasteiger partial charge is 0.460 e. The number of hydrogen-bond donors (Lipinski definition) is 0. The van der Waals surface area contributed by atoms with E-state index in [4.69, 9.17) is 9.16 Å². The predicted molar refractivity (Wildman–Crippen MR) is 73.3 cm³/mol. The molecule has 0 aromatic rings. The van der Waals surface area contributed by atoms with Gasteiger partial charge >= 0.3 is 5.97 Å². The van der Waals surface area contributed by atoms with Gasteiger partial charge in [0, 0.05) is 13.2 Å². The molecule has 0 spiro atoms. The standard InChI is InChI=1S/C13H26O3Si/c1-6-10-17(15-5,11-7-2)13(9-4)16-12(14)8-3/h8,13H,3,6-7,9-11H2,1-2,4-5H3. The van der Waals surface area contributed by atoms with Crippen LogP contribution in [0.1, 0.15) is 40.0 Å². The molecule has 17 heavy (non-hydrogen) atoms. The van der Waals surface area contributed by atoms with Crippen molar-refractivity contribution in [1.82, 2.24) is 0 Å². The van der Waals surface area contributed by atoms with E-state index < -0.39 is 8.32 Å². The lowest BCUT2D eigenvalue weighted by Gasteiger charge is -2.35. The first-order valence-corrected chi connectivity index (χ1v) is 8.88. The fraction of sp³-hybridized carbons (Fsp3) is 0.769. The first kappa shape index (κ1) is 16.4. The maximum atomic E-state index is 11.4. The van der Waals surface area contributed by atoms with Crippen molar-refractivity contribution in [2.75, 3.05) is 7.11 Å². The Morgan fingerprint density at radius 3 is 2.12 bits per heavy atom. The maximum absolute atomic E-state index is 11.4. The van der Waals surface area contributed by atoms with E-state index in [0.717, 1.165) is 31.4 Å². The highest BCUT2D eigenvalue weighted by atomic mass is 28.4. The Bertz CT molecular complexity index is 235. The van der Waals surface area contributed by atoms with E-state index in [-0.39, 0.29) is 11.7 Å². The molecule has 0 heterocycles.